The van der Waals surface area contributed by atoms with Crippen LogP contribution in [0.4, 0.5) is 5.69 Å². The third-order valence-corrected chi connectivity index (χ3v) is 5.15. The molecule has 0 saturated carbocycles. The van der Waals surface area contributed by atoms with Gasteiger partial charge < -0.3 is 10.2 Å². The van der Waals surface area contributed by atoms with Crippen molar-refractivity contribution in [2.45, 2.75) is 24.3 Å². The van der Waals surface area contributed by atoms with Gasteiger partial charge >= 0.3 is 0 Å². The first-order valence-corrected chi connectivity index (χ1v) is 9.69. The summed E-state index contributed by atoms with van der Waals surface area (Å²) in [5.74, 6) is -0.182. The molecule has 1 aliphatic heterocycles. The van der Waals surface area contributed by atoms with Crippen molar-refractivity contribution in [1.82, 2.24) is 5.32 Å². The molecule has 3 N–H and O–H groups in total. The summed E-state index contributed by atoms with van der Waals surface area (Å²) in [4.78, 5) is 25.6. The summed E-state index contributed by atoms with van der Waals surface area (Å²) in [7, 11) is -3.78. The molecule has 0 spiro atoms. The van der Waals surface area contributed by atoms with Crippen molar-refractivity contribution in [1.29, 1.82) is 0 Å². The molecule has 26 heavy (non-hydrogen) atoms. The van der Waals surface area contributed by atoms with Crippen LogP contribution in [0.25, 0.3) is 0 Å². The molecule has 8 heteroatoms. The predicted molar refractivity (Wildman–Crippen MR) is 97.0 cm³/mol. The minimum Gasteiger partial charge on any atom is -0.348 e. The van der Waals surface area contributed by atoms with Crippen LogP contribution in [0.5, 0.6) is 0 Å². The largest absolute Gasteiger partial charge is 0.348 e. The molecular formula is C18H19N3O4S. The van der Waals surface area contributed by atoms with Gasteiger partial charge in [-0.2, -0.15) is 0 Å². The highest BCUT2D eigenvalue weighted by atomic mass is 32.2. The second-order valence-electron chi connectivity index (χ2n) is 6.07. The van der Waals surface area contributed by atoms with Gasteiger partial charge in [-0.3, -0.25) is 9.59 Å². The van der Waals surface area contributed by atoms with Gasteiger partial charge in [-0.1, -0.05) is 12.1 Å². The number of hydrogen-bond acceptors (Lipinski definition) is 4. The van der Waals surface area contributed by atoms with E-state index in [1.165, 1.54) is 24.3 Å². The third-order valence-electron chi connectivity index (χ3n) is 4.22. The Labute approximate surface area is 151 Å². The zero-order chi connectivity index (χ0) is 18.7. The molecule has 0 aromatic heterocycles. The number of primary sulfonamides is 1. The number of carbonyl (C=O) groups excluding carboxylic acids is 2. The Morgan fingerprint density at radius 1 is 1.08 bits per heavy atom. The van der Waals surface area contributed by atoms with E-state index in [4.69, 9.17) is 5.14 Å². The van der Waals surface area contributed by atoms with Crippen LogP contribution < -0.4 is 15.4 Å². The lowest BCUT2D eigenvalue weighted by atomic mass is 10.1. The van der Waals surface area contributed by atoms with Crippen LogP contribution in [0.3, 0.4) is 0 Å². The third kappa shape index (κ3) is 4.09. The molecule has 1 saturated heterocycles. The Morgan fingerprint density at radius 3 is 2.27 bits per heavy atom. The normalized spacial score (nSPS) is 14.5. The summed E-state index contributed by atoms with van der Waals surface area (Å²) >= 11 is 0. The minimum absolute atomic E-state index is 0.0406. The Hall–Kier alpha value is -2.71. The molecule has 7 nitrogen and oxygen atoms in total. The highest BCUT2D eigenvalue weighted by molar-refractivity contribution is 7.89. The number of amides is 2. The van der Waals surface area contributed by atoms with E-state index in [0.29, 0.717) is 18.5 Å². The SMILES string of the molecule is NS(=O)(=O)c1ccc(C(=O)NCc2ccc(N3CCCC3=O)cc2)cc1. The van der Waals surface area contributed by atoms with E-state index in [2.05, 4.69) is 5.32 Å². The van der Waals surface area contributed by atoms with E-state index < -0.39 is 10.0 Å². The van der Waals surface area contributed by atoms with E-state index in [-0.39, 0.29) is 16.7 Å². The van der Waals surface area contributed by atoms with Crippen LogP contribution >= 0.6 is 0 Å². The Bertz CT molecular complexity index is 922. The van der Waals surface area contributed by atoms with Gasteiger partial charge in [0.05, 0.1) is 4.90 Å². The zero-order valence-electron chi connectivity index (χ0n) is 14.0. The summed E-state index contributed by atoms with van der Waals surface area (Å²) in [6.07, 6.45) is 1.46. The fraction of sp³-hybridized carbons (Fsp3) is 0.222. The molecule has 0 aliphatic carbocycles. The van der Waals surface area contributed by atoms with Gasteiger partial charge in [0.1, 0.15) is 0 Å². The molecule has 2 aromatic rings. The van der Waals surface area contributed by atoms with E-state index >= 15 is 0 Å². The minimum atomic E-state index is -3.78. The lowest BCUT2D eigenvalue weighted by Gasteiger charge is -2.16. The van der Waals surface area contributed by atoms with Crippen LogP contribution in [0.1, 0.15) is 28.8 Å². The van der Waals surface area contributed by atoms with E-state index in [1.54, 1.807) is 4.90 Å². The van der Waals surface area contributed by atoms with E-state index in [9.17, 15) is 18.0 Å². The summed E-state index contributed by atoms with van der Waals surface area (Å²) in [5.41, 5.74) is 2.10. The first-order chi connectivity index (χ1) is 12.3. The van der Waals surface area contributed by atoms with Crippen LogP contribution in [0, 0.1) is 0 Å². The Morgan fingerprint density at radius 2 is 1.73 bits per heavy atom. The first kappa shape index (κ1) is 18.1. The number of anilines is 1. The quantitative estimate of drug-likeness (QED) is 0.825. The maximum absolute atomic E-state index is 12.2. The van der Waals surface area contributed by atoms with Crippen molar-refractivity contribution < 1.29 is 18.0 Å². The van der Waals surface area contributed by atoms with E-state index in [0.717, 1.165) is 24.2 Å². The van der Waals surface area contributed by atoms with Crippen molar-refractivity contribution in [3.05, 3.63) is 59.7 Å². The number of benzene rings is 2. The van der Waals surface area contributed by atoms with E-state index in [1.807, 2.05) is 24.3 Å². The molecule has 3 rings (SSSR count). The van der Waals surface area contributed by atoms with Crippen LogP contribution in [0.15, 0.2) is 53.4 Å². The van der Waals surface area contributed by atoms with Gasteiger partial charge in [0, 0.05) is 30.8 Å². The maximum atomic E-state index is 12.2. The van der Waals surface area contributed by atoms with Crippen LogP contribution in [-0.2, 0) is 21.4 Å². The molecule has 1 aliphatic rings. The summed E-state index contributed by atoms with van der Waals surface area (Å²) in [5, 5.41) is 7.80. The molecular weight excluding hydrogens is 354 g/mol. The van der Waals surface area contributed by atoms with Gasteiger partial charge in [-0.05, 0) is 48.4 Å². The number of nitrogens with one attached hydrogen (secondary N) is 1. The molecule has 1 heterocycles. The Kier molecular flexibility index (Phi) is 5.06. The molecule has 2 aromatic carbocycles. The van der Waals surface area contributed by atoms with Crippen LogP contribution in [-0.4, -0.2) is 26.8 Å². The summed E-state index contributed by atoms with van der Waals surface area (Å²) in [6, 6.07) is 12.9. The average Bonchev–Trinajstić information content (AvgIpc) is 3.05. The summed E-state index contributed by atoms with van der Waals surface area (Å²) < 4.78 is 22.4. The standard InChI is InChI=1S/C18H19N3O4S/c19-26(24,25)16-9-5-14(6-10-16)18(23)20-12-13-3-7-15(8-4-13)21-11-1-2-17(21)22/h3-10H,1-2,11-12H2,(H,20,23)(H2,19,24,25). The van der Waals surface area contributed by atoms with Crippen molar-refractivity contribution in [3.8, 4) is 0 Å². The van der Waals surface area contributed by atoms with Gasteiger partial charge in [-0.25, -0.2) is 13.6 Å². The molecule has 0 unspecified atom stereocenters. The molecule has 0 atom stereocenters. The van der Waals surface area contributed by atoms with Crippen molar-refractivity contribution >= 4 is 27.5 Å². The molecule has 0 radical (unpaired) electrons. The van der Waals surface area contributed by atoms with Gasteiger partial charge in [0.15, 0.2) is 0 Å². The maximum Gasteiger partial charge on any atom is 0.251 e. The molecule has 1 fully saturated rings. The molecule has 0 bridgehead atoms. The zero-order valence-corrected chi connectivity index (χ0v) is 14.8. The fourth-order valence-electron chi connectivity index (χ4n) is 2.80. The number of rotatable bonds is 5. The smallest absolute Gasteiger partial charge is 0.251 e. The highest BCUT2D eigenvalue weighted by Crippen LogP contribution is 2.21. The van der Waals surface area contributed by atoms with Crippen molar-refractivity contribution in [3.63, 3.8) is 0 Å². The fourth-order valence-corrected chi connectivity index (χ4v) is 3.31. The average molecular weight is 373 g/mol. The first-order valence-electron chi connectivity index (χ1n) is 8.15. The highest BCUT2D eigenvalue weighted by Gasteiger charge is 2.21. The van der Waals surface area contributed by atoms with Crippen LogP contribution in [0.2, 0.25) is 0 Å². The number of nitrogens with two attached hydrogens (primary N) is 1. The number of hydrogen-bond donors (Lipinski definition) is 2. The molecule has 2 amide bonds. The van der Waals surface area contributed by atoms with Gasteiger partial charge in [-0.15, -0.1) is 0 Å². The Balaban J connectivity index is 1.60. The molecule has 136 valence electrons. The van der Waals surface area contributed by atoms with Crippen molar-refractivity contribution in [2.24, 2.45) is 5.14 Å². The monoisotopic (exact) mass is 373 g/mol. The van der Waals surface area contributed by atoms with Gasteiger partial charge in [0.2, 0.25) is 15.9 Å². The second-order valence-corrected chi connectivity index (χ2v) is 7.63. The predicted octanol–water partition coefficient (Wildman–Crippen LogP) is 1.39. The topological polar surface area (TPSA) is 110 Å². The van der Waals surface area contributed by atoms with Gasteiger partial charge in [0.25, 0.3) is 5.91 Å². The number of sulfonamides is 1. The van der Waals surface area contributed by atoms with Crippen molar-refractivity contribution in [2.75, 3.05) is 11.4 Å². The number of nitrogens with zero attached hydrogens (tertiary/aromatic N) is 1. The summed E-state index contributed by atoms with van der Waals surface area (Å²) in [6.45, 7) is 1.06. The lowest BCUT2D eigenvalue weighted by Crippen LogP contribution is -2.24. The number of carbonyl (C=O) groups is 2. The second kappa shape index (κ2) is 7.27. The lowest BCUT2D eigenvalue weighted by molar-refractivity contribution is -0.117.